The molecular weight excluding hydrogens is 340 g/mol. The second-order valence-electron chi connectivity index (χ2n) is 7.02. The molecule has 27 heavy (non-hydrogen) atoms. The van der Waals surface area contributed by atoms with Crippen molar-refractivity contribution in [3.63, 3.8) is 0 Å². The SMILES string of the molecule is NCCCOC1CCN(C(=O)CCCOc2cccc3ccccc23)CC1. The molecule has 3 rings (SSSR count). The summed E-state index contributed by atoms with van der Waals surface area (Å²) in [5.74, 6) is 1.10. The standard InChI is InChI=1S/C22H30N2O3/c23-13-5-17-26-19-11-14-24(15-12-19)22(25)10-4-16-27-21-9-3-7-18-6-1-2-8-20(18)21/h1-3,6-9,19H,4-5,10-17,23H2. The molecule has 1 aliphatic rings. The summed E-state index contributed by atoms with van der Waals surface area (Å²) >= 11 is 0. The molecule has 146 valence electrons. The van der Waals surface area contributed by atoms with Crippen molar-refractivity contribution in [2.24, 2.45) is 5.73 Å². The molecule has 5 heteroatoms. The van der Waals surface area contributed by atoms with Gasteiger partial charge in [0.25, 0.3) is 0 Å². The molecular formula is C22H30N2O3. The van der Waals surface area contributed by atoms with Gasteiger partial charge in [0.05, 0.1) is 12.7 Å². The zero-order chi connectivity index (χ0) is 18.9. The highest BCUT2D eigenvalue weighted by Crippen LogP contribution is 2.25. The first-order valence-corrected chi connectivity index (χ1v) is 9.98. The van der Waals surface area contributed by atoms with Gasteiger partial charge in [0.2, 0.25) is 5.91 Å². The van der Waals surface area contributed by atoms with E-state index in [1.54, 1.807) is 0 Å². The fraction of sp³-hybridized carbons (Fsp3) is 0.500. The summed E-state index contributed by atoms with van der Waals surface area (Å²) in [5, 5.41) is 2.28. The summed E-state index contributed by atoms with van der Waals surface area (Å²) in [5.41, 5.74) is 5.49. The summed E-state index contributed by atoms with van der Waals surface area (Å²) in [6.07, 6.45) is 4.27. The first kappa shape index (κ1) is 19.6. The smallest absolute Gasteiger partial charge is 0.222 e. The molecule has 1 amide bonds. The number of nitrogens with zero attached hydrogens (tertiary/aromatic N) is 1. The Balaban J connectivity index is 1.36. The Hall–Kier alpha value is -2.11. The Bertz CT molecular complexity index is 721. The highest BCUT2D eigenvalue weighted by atomic mass is 16.5. The summed E-state index contributed by atoms with van der Waals surface area (Å²) in [6, 6.07) is 14.3. The van der Waals surface area contributed by atoms with Gasteiger partial charge in [0.15, 0.2) is 0 Å². The first-order chi connectivity index (χ1) is 13.3. The number of hydrogen-bond acceptors (Lipinski definition) is 4. The van der Waals surface area contributed by atoms with E-state index in [0.29, 0.717) is 19.6 Å². The van der Waals surface area contributed by atoms with Crippen molar-refractivity contribution in [2.75, 3.05) is 32.8 Å². The molecule has 0 radical (unpaired) electrons. The third-order valence-corrected chi connectivity index (χ3v) is 5.04. The van der Waals surface area contributed by atoms with Gasteiger partial charge in [-0.2, -0.15) is 0 Å². The molecule has 0 bridgehead atoms. The minimum Gasteiger partial charge on any atom is -0.493 e. The highest BCUT2D eigenvalue weighted by Gasteiger charge is 2.22. The van der Waals surface area contributed by atoms with Crippen LogP contribution in [0.4, 0.5) is 0 Å². The summed E-state index contributed by atoms with van der Waals surface area (Å²) < 4.78 is 11.7. The summed E-state index contributed by atoms with van der Waals surface area (Å²) in [4.78, 5) is 14.4. The molecule has 2 aromatic rings. The van der Waals surface area contributed by atoms with Crippen LogP contribution < -0.4 is 10.5 Å². The van der Waals surface area contributed by atoms with Gasteiger partial charge in [-0.1, -0.05) is 36.4 Å². The fourth-order valence-corrected chi connectivity index (χ4v) is 3.49. The van der Waals surface area contributed by atoms with Crippen LogP contribution in [0, 0.1) is 0 Å². The van der Waals surface area contributed by atoms with Crippen LogP contribution in [0.2, 0.25) is 0 Å². The number of amides is 1. The monoisotopic (exact) mass is 370 g/mol. The average molecular weight is 370 g/mol. The third kappa shape index (κ3) is 5.68. The lowest BCUT2D eigenvalue weighted by atomic mass is 10.1. The number of hydrogen-bond donors (Lipinski definition) is 1. The van der Waals surface area contributed by atoms with Crippen molar-refractivity contribution >= 4 is 16.7 Å². The molecule has 0 saturated carbocycles. The quantitative estimate of drug-likeness (QED) is 0.688. The van der Waals surface area contributed by atoms with Crippen molar-refractivity contribution in [1.82, 2.24) is 4.90 Å². The molecule has 5 nitrogen and oxygen atoms in total. The van der Waals surface area contributed by atoms with E-state index < -0.39 is 0 Å². The topological polar surface area (TPSA) is 64.8 Å². The Morgan fingerprint density at radius 3 is 2.63 bits per heavy atom. The first-order valence-electron chi connectivity index (χ1n) is 9.98. The van der Waals surface area contributed by atoms with E-state index >= 15 is 0 Å². The van der Waals surface area contributed by atoms with Crippen molar-refractivity contribution in [1.29, 1.82) is 0 Å². The highest BCUT2D eigenvalue weighted by molar-refractivity contribution is 5.88. The lowest BCUT2D eigenvalue weighted by Crippen LogP contribution is -2.41. The maximum absolute atomic E-state index is 12.4. The zero-order valence-electron chi connectivity index (χ0n) is 15.9. The van der Waals surface area contributed by atoms with Crippen LogP contribution in [0.3, 0.4) is 0 Å². The summed E-state index contributed by atoms with van der Waals surface area (Å²) in [6.45, 7) is 3.52. The molecule has 0 aliphatic carbocycles. The number of piperidine rings is 1. The Labute approximate surface area is 161 Å². The van der Waals surface area contributed by atoms with Crippen LogP contribution in [0.5, 0.6) is 5.75 Å². The molecule has 2 N–H and O–H groups in total. The Morgan fingerprint density at radius 2 is 1.81 bits per heavy atom. The number of rotatable bonds is 9. The van der Waals surface area contributed by atoms with Gasteiger partial charge in [-0.05, 0) is 43.7 Å². The van der Waals surface area contributed by atoms with E-state index in [4.69, 9.17) is 15.2 Å². The number of ether oxygens (including phenoxy) is 2. The molecule has 0 aromatic heterocycles. The van der Waals surface area contributed by atoms with Crippen LogP contribution in [0.25, 0.3) is 10.8 Å². The van der Waals surface area contributed by atoms with E-state index in [0.717, 1.165) is 56.5 Å². The van der Waals surface area contributed by atoms with Crippen LogP contribution in [-0.2, 0) is 9.53 Å². The molecule has 2 aromatic carbocycles. The lowest BCUT2D eigenvalue weighted by Gasteiger charge is -2.32. The zero-order valence-corrected chi connectivity index (χ0v) is 15.9. The molecule has 0 atom stereocenters. The van der Waals surface area contributed by atoms with E-state index in [1.165, 1.54) is 5.39 Å². The van der Waals surface area contributed by atoms with Crippen LogP contribution >= 0.6 is 0 Å². The number of nitrogens with two attached hydrogens (primary N) is 1. The van der Waals surface area contributed by atoms with Gasteiger partial charge in [-0.3, -0.25) is 4.79 Å². The van der Waals surface area contributed by atoms with Gasteiger partial charge in [-0.25, -0.2) is 0 Å². The molecule has 0 unspecified atom stereocenters. The minimum absolute atomic E-state index is 0.219. The largest absolute Gasteiger partial charge is 0.493 e. The molecule has 1 heterocycles. The third-order valence-electron chi connectivity index (χ3n) is 5.04. The van der Waals surface area contributed by atoms with Crippen molar-refractivity contribution in [3.8, 4) is 5.75 Å². The van der Waals surface area contributed by atoms with Gasteiger partial charge in [-0.15, -0.1) is 0 Å². The van der Waals surface area contributed by atoms with E-state index in [2.05, 4.69) is 18.2 Å². The normalized spacial score (nSPS) is 15.2. The Kier molecular flexibility index (Phi) is 7.48. The van der Waals surface area contributed by atoms with Gasteiger partial charge in [0.1, 0.15) is 5.75 Å². The number of carbonyl (C=O) groups is 1. The van der Waals surface area contributed by atoms with E-state index in [-0.39, 0.29) is 12.0 Å². The average Bonchev–Trinajstić information content (AvgIpc) is 2.72. The number of fused-ring (bicyclic) bond motifs is 1. The van der Waals surface area contributed by atoms with Crippen LogP contribution in [0.1, 0.15) is 32.1 Å². The van der Waals surface area contributed by atoms with Gasteiger partial charge in [0, 0.05) is 31.5 Å². The van der Waals surface area contributed by atoms with Crippen LogP contribution in [0.15, 0.2) is 42.5 Å². The molecule has 0 spiro atoms. The van der Waals surface area contributed by atoms with Gasteiger partial charge >= 0.3 is 0 Å². The molecule has 1 saturated heterocycles. The van der Waals surface area contributed by atoms with E-state index in [9.17, 15) is 4.79 Å². The van der Waals surface area contributed by atoms with E-state index in [1.807, 2.05) is 29.2 Å². The predicted molar refractivity (Wildman–Crippen MR) is 108 cm³/mol. The maximum atomic E-state index is 12.4. The van der Waals surface area contributed by atoms with Gasteiger partial charge < -0.3 is 20.1 Å². The number of benzene rings is 2. The second kappa shape index (κ2) is 10.3. The van der Waals surface area contributed by atoms with Crippen molar-refractivity contribution < 1.29 is 14.3 Å². The fourth-order valence-electron chi connectivity index (χ4n) is 3.49. The van der Waals surface area contributed by atoms with Crippen molar-refractivity contribution in [3.05, 3.63) is 42.5 Å². The minimum atomic E-state index is 0.219. The Morgan fingerprint density at radius 1 is 1.04 bits per heavy atom. The van der Waals surface area contributed by atoms with Crippen LogP contribution in [-0.4, -0.2) is 49.8 Å². The second-order valence-corrected chi connectivity index (χ2v) is 7.02. The predicted octanol–water partition coefficient (Wildman–Crippen LogP) is 3.36. The maximum Gasteiger partial charge on any atom is 0.222 e. The molecule has 1 fully saturated rings. The molecule has 1 aliphatic heterocycles. The lowest BCUT2D eigenvalue weighted by molar-refractivity contribution is -0.134. The number of carbonyl (C=O) groups excluding carboxylic acids is 1. The number of likely N-dealkylation sites (tertiary alicyclic amines) is 1. The van der Waals surface area contributed by atoms with Crippen molar-refractivity contribution in [2.45, 2.75) is 38.2 Å². The summed E-state index contributed by atoms with van der Waals surface area (Å²) in [7, 11) is 0.